The molecule has 1 N–H and O–H groups in total. The predicted molar refractivity (Wildman–Crippen MR) is 77.7 cm³/mol. The van der Waals surface area contributed by atoms with E-state index in [1.165, 1.54) is 36.6 Å². The standard InChI is InChI=1S/C14H26N2S/c1-10(2)8-11-9-17-13(15-11)16-12-6-5-7-14(12,3)4/h10-12H,5-9H2,1-4H3,(H,15,16). The maximum Gasteiger partial charge on any atom is 0.157 e. The van der Waals surface area contributed by atoms with Crippen molar-refractivity contribution in [1.82, 2.24) is 5.32 Å². The van der Waals surface area contributed by atoms with Crippen LogP contribution in [-0.2, 0) is 0 Å². The van der Waals surface area contributed by atoms with Crippen LogP contribution >= 0.6 is 11.8 Å². The number of amidine groups is 1. The summed E-state index contributed by atoms with van der Waals surface area (Å²) in [5.41, 5.74) is 0.408. The quantitative estimate of drug-likeness (QED) is 0.831. The van der Waals surface area contributed by atoms with Crippen molar-refractivity contribution in [3.63, 3.8) is 0 Å². The summed E-state index contributed by atoms with van der Waals surface area (Å²) in [6.07, 6.45) is 5.21. The van der Waals surface area contributed by atoms with Crippen LogP contribution in [0.3, 0.4) is 0 Å². The Labute approximate surface area is 110 Å². The highest BCUT2D eigenvalue weighted by Crippen LogP contribution is 2.40. The maximum absolute atomic E-state index is 4.95. The van der Waals surface area contributed by atoms with Gasteiger partial charge >= 0.3 is 0 Å². The molecule has 1 heterocycles. The third-order valence-electron chi connectivity index (χ3n) is 3.98. The minimum absolute atomic E-state index is 0.408. The molecule has 2 unspecified atom stereocenters. The second-order valence-corrected chi connectivity index (χ2v) is 7.62. The molecule has 1 aliphatic carbocycles. The van der Waals surface area contributed by atoms with Crippen molar-refractivity contribution in [3.05, 3.63) is 0 Å². The summed E-state index contributed by atoms with van der Waals surface area (Å²) in [4.78, 5) is 4.95. The summed E-state index contributed by atoms with van der Waals surface area (Å²) in [6.45, 7) is 9.31. The summed E-state index contributed by atoms with van der Waals surface area (Å²) >= 11 is 1.92. The Hall–Kier alpha value is -0.180. The molecule has 3 heteroatoms. The van der Waals surface area contributed by atoms with E-state index in [1.54, 1.807) is 0 Å². The molecule has 98 valence electrons. The molecule has 2 nitrogen and oxygen atoms in total. The van der Waals surface area contributed by atoms with Crippen LogP contribution in [0.15, 0.2) is 4.99 Å². The van der Waals surface area contributed by atoms with Crippen molar-refractivity contribution in [2.75, 3.05) is 5.75 Å². The predicted octanol–water partition coefficient (Wildman–Crippen LogP) is 3.67. The van der Waals surface area contributed by atoms with E-state index in [0.29, 0.717) is 17.5 Å². The molecule has 1 aliphatic heterocycles. The zero-order valence-electron chi connectivity index (χ0n) is 11.6. The van der Waals surface area contributed by atoms with Crippen LogP contribution in [0.5, 0.6) is 0 Å². The van der Waals surface area contributed by atoms with Gasteiger partial charge in [-0.15, -0.1) is 0 Å². The number of hydrogen-bond donors (Lipinski definition) is 1. The number of rotatable bonds is 3. The highest BCUT2D eigenvalue weighted by atomic mass is 32.2. The average molecular weight is 254 g/mol. The lowest BCUT2D eigenvalue weighted by molar-refractivity contribution is 0.334. The van der Waals surface area contributed by atoms with Gasteiger partial charge in [0, 0.05) is 11.8 Å². The number of aliphatic imine (C=N–C) groups is 1. The van der Waals surface area contributed by atoms with Crippen LogP contribution in [0.25, 0.3) is 0 Å². The fourth-order valence-corrected chi connectivity index (χ4v) is 3.93. The van der Waals surface area contributed by atoms with Crippen LogP contribution in [0, 0.1) is 11.3 Å². The van der Waals surface area contributed by atoms with Crippen molar-refractivity contribution in [3.8, 4) is 0 Å². The Kier molecular flexibility index (Phi) is 4.06. The first-order chi connectivity index (χ1) is 7.97. The van der Waals surface area contributed by atoms with E-state index in [1.807, 2.05) is 11.8 Å². The van der Waals surface area contributed by atoms with E-state index in [9.17, 15) is 0 Å². The Morgan fingerprint density at radius 3 is 2.82 bits per heavy atom. The molecule has 0 aromatic heterocycles. The minimum Gasteiger partial charge on any atom is -0.361 e. The lowest BCUT2D eigenvalue weighted by atomic mass is 9.88. The minimum atomic E-state index is 0.408. The monoisotopic (exact) mass is 254 g/mol. The largest absolute Gasteiger partial charge is 0.361 e. The molecule has 0 aromatic rings. The second kappa shape index (κ2) is 5.21. The van der Waals surface area contributed by atoms with E-state index >= 15 is 0 Å². The smallest absolute Gasteiger partial charge is 0.157 e. The van der Waals surface area contributed by atoms with Gasteiger partial charge in [-0.1, -0.05) is 45.9 Å². The van der Waals surface area contributed by atoms with Crippen molar-refractivity contribution in [1.29, 1.82) is 0 Å². The van der Waals surface area contributed by atoms with Gasteiger partial charge in [0.25, 0.3) is 0 Å². The van der Waals surface area contributed by atoms with Crippen LogP contribution < -0.4 is 5.32 Å². The van der Waals surface area contributed by atoms with E-state index in [-0.39, 0.29) is 0 Å². The van der Waals surface area contributed by atoms with E-state index in [2.05, 4.69) is 33.0 Å². The fourth-order valence-electron chi connectivity index (χ4n) is 2.90. The van der Waals surface area contributed by atoms with Crippen LogP contribution in [0.4, 0.5) is 0 Å². The van der Waals surface area contributed by atoms with E-state index in [4.69, 9.17) is 4.99 Å². The van der Waals surface area contributed by atoms with Crippen molar-refractivity contribution in [2.45, 2.75) is 65.5 Å². The highest BCUT2D eigenvalue weighted by Gasteiger charge is 2.35. The molecule has 0 bridgehead atoms. The normalized spacial score (nSPS) is 34.5. The first kappa shape index (κ1) is 13.3. The number of nitrogens with one attached hydrogen (secondary N) is 1. The van der Waals surface area contributed by atoms with Crippen LogP contribution in [0.2, 0.25) is 0 Å². The van der Waals surface area contributed by atoms with Crippen molar-refractivity contribution < 1.29 is 0 Å². The van der Waals surface area contributed by atoms with Gasteiger partial charge in [0.1, 0.15) is 0 Å². The molecule has 0 aromatic carbocycles. The van der Waals surface area contributed by atoms with Crippen LogP contribution in [-0.4, -0.2) is 23.0 Å². The third kappa shape index (κ3) is 3.40. The first-order valence-corrected chi connectivity index (χ1v) is 7.93. The Balaban J connectivity index is 1.91. The molecule has 0 spiro atoms. The van der Waals surface area contributed by atoms with Gasteiger partial charge in [-0.05, 0) is 30.6 Å². The van der Waals surface area contributed by atoms with Gasteiger partial charge < -0.3 is 5.32 Å². The van der Waals surface area contributed by atoms with Gasteiger partial charge in [0.2, 0.25) is 0 Å². The zero-order chi connectivity index (χ0) is 12.5. The molecule has 1 saturated heterocycles. The van der Waals surface area contributed by atoms with Crippen LogP contribution in [0.1, 0.15) is 53.4 Å². The summed E-state index contributed by atoms with van der Waals surface area (Å²) in [7, 11) is 0. The number of thioether (sulfide) groups is 1. The summed E-state index contributed by atoms with van der Waals surface area (Å²) in [5, 5.41) is 4.80. The Morgan fingerprint density at radius 2 is 2.24 bits per heavy atom. The van der Waals surface area contributed by atoms with Gasteiger partial charge in [0.05, 0.1) is 6.04 Å². The fraction of sp³-hybridized carbons (Fsp3) is 0.929. The van der Waals surface area contributed by atoms with Crippen molar-refractivity contribution >= 4 is 16.9 Å². The number of hydrogen-bond acceptors (Lipinski definition) is 2. The van der Waals surface area contributed by atoms with Gasteiger partial charge in [0.15, 0.2) is 5.17 Å². The van der Waals surface area contributed by atoms with Gasteiger partial charge in [-0.2, -0.15) is 0 Å². The van der Waals surface area contributed by atoms with E-state index < -0.39 is 0 Å². The Morgan fingerprint density at radius 1 is 1.47 bits per heavy atom. The lowest BCUT2D eigenvalue weighted by Gasteiger charge is -2.23. The molecule has 1 saturated carbocycles. The number of nitrogens with zero attached hydrogens (tertiary/aromatic N) is 1. The topological polar surface area (TPSA) is 24.4 Å². The van der Waals surface area contributed by atoms with E-state index in [0.717, 1.165) is 5.92 Å². The molecule has 2 rings (SSSR count). The highest BCUT2D eigenvalue weighted by molar-refractivity contribution is 8.14. The zero-order valence-corrected chi connectivity index (χ0v) is 12.4. The Bertz CT molecular complexity index is 297. The maximum atomic E-state index is 4.95. The molecule has 2 atom stereocenters. The summed E-state index contributed by atoms with van der Waals surface area (Å²) in [6, 6.07) is 1.18. The molecular formula is C14H26N2S. The molecule has 0 radical (unpaired) electrons. The second-order valence-electron chi connectivity index (χ2n) is 6.61. The molecule has 17 heavy (non-hydrogen) atoms. The third-order valence-corrected chi connectivity index (χ3v) is 5.04. The van der Waals surface area contributed by atoms with Crippen molar-refractivity contribution in [2.24, 2.45) is 16.3 Å². The summed E-state index contributed by atoms with van der Waals surface area (Å²) < 4.78 is 0. The molecule has 2 aliphatic rings. The lowest BCUT2D eigenvalue weighted by Crippen LogP contribution is -2.30. The van der Waals surface area contributed by atoms with Gasteiger partial charge in [-0.25, -0.2) is 0 Å². The molecule has 0 amide bonds. The molecular weight excluding hydrogens is 228 g/mol. The SMILES string of the molecule is CC(C)CC1CSC(=NC2CCCC2(C)C)N1. The molecule has 2 fully saturated rings. The van der Waals surface area contributed by atoms with Gasteiger partial charge in [-0.3, -0.25) is 4.99 Å². The first-order valence-electron chi connectivity index (χ1n) is 6.94. The summed E-state index contributed by atoms with van der Waals surface area (Å²) in [5.74, 6) is 1.97. The average Bonchev–Trinajstić information content (AvgIpc) is 2.75.